The number of carbonyl (C=O) groups excluding carboxylic acids is 4. The molecule has 0 saturated carbocycles. The van der Waals surface area contributed by atoms with Gasteiger partial charge in [-0.2, -0.15) is 0 Å². The number of hydrogen-bond acceptors (Lipinski definition) is 13. The summed E-state index contributed by atoms with van der Waals surface area (Å²) in [5.74, 6) is -2.74. The Morgan fingerprint density at radius 3 is 0.956 bits per heavy atom. The zero-order chi connectivity index (χ0) is 33.3. The van der Waals surface area contributed by atoms with E-state index in [9.17, 15) is 19.2 Å². The maximum Gasteiger partial charge on any atom is 0.342 e. The van der Waals surface area contributed by atoms with Crippen LogP contribution in [0.1, 0.15) is 37.4 Å². The lowest BCUT2D eigenvalue weighted by Crippen LogP contribution is -2.14. The topological polar surface area (TPSA) is 142 Å². The predicted octanol–water partition coefficient (Wildman–Crippen LogP) is 4.40. The molecule has 0 atom stereocenters. The van der Waals surface area contributed by atoms with Gasteiger partial charge in [0, 0.05) is 20.9 Å². The van der Waals surface area contributed by atoms with Crippen molar-refractivity contribution in [3.63, 3.8) is 0 Å². The Balaban J connectivity index is 2.24. The highest BCUT2D eigenvalue weighted by Gasteiger charge is 2.42. The minimum Gasteiger partial charge on any atom is -0.492 e. The fourth-order valence-electron chi connectivity index (χ4n) is 4.69. The largest absolute Gasteiger partial charge is 0.492 e. The molecule has 242 valence electrons. The van der Waals surface area contributed by atoms with Crippen molar-refractivity contribution >= 4 is 47.4 Å². The molecule has 3 rings (SSSR count). The Morgan fingerprint density at radius 2 is 0.756 bits per heavy atom. The number of ether oxygens (including phenoxy) is 8. The molecule has 45 heavy (non-hydrogen) atoms. The number of thiophene rings is 1. The van der Waals surface area contributed by atoms with Gasteiger partial charge in [0.05, 0.1) is 54.9 Å². The maximum atomic E-state index is 13.1. The summed E-state index contributed by atoms with van der Waals surface area (Å²) in [5, 5.41) is 0. The average Bonchev–Trinajstić information content (AvgIpc) is 3.69. The highest BCUT2D eigenvalue weighted by molar-refractivity contribution is 7.13. The number of rotatable bonds is 14. The highest BCUT2D eigenvalue weighted by atomic mass is 32.1. The molecule has 0 amide bonds. The van der Waals surface area contributed by atoms with Gasteiger partial charge in [-0.05, 0) is 52.0 Å². The monoisotopic (exact) mass is 644 g/mol. The summed E-state index contributed by atoms with van der Waals surface area (Å²) in [6, 6.07) is 3.47. The Bertz CT molecular complexity index is 1350. The fourth-order valence-corrected chi connectivity index (χ4v) is 5.59. The number of carbonyl (C=O) groups is 4. The fraction of sp³-hybridized carbons (Fsp3) is 0.375. The first-order valence-corrected chi connectivity index (χ1v) is 14.9. The molecule has 13 heteroatoms. The van der Waals surface area contributed by atoms with Crippen molar-refractivity contribution in [2.24, 2.45) is 0 Å². The molecule has 12 nitrogen and oxygen atoms in total. The quantitative estimate of drug-likeness (QED) is 0.209. The maximum absolute atomic E-state index is 13.1. The van der Waals surface area contributed by atoms with Crippen LogP contribution in [0.3, 0.4) is 0 Å². The lowest BCUT2D eigenvalue weighted by Gasteiger charge is -2.09. The van der Waals surface area contributed by atoms with Crippen LogP contribution in [0.2, 0.25) is 0 Å². The van der Waals surface area contributed by atoms with Crippen molar-refractivity contribution in [2.45, 2.75) is 27.7 Å². The molecular weight excluding hydrogens is 608 g/mol. The van der Waals surface area contributed by atoms with Crippen LogP contribution in [-0.2, 0) is 57.1 Å². The van der Waals surface area contributed by atoms with E-state index in [-0.39, 0.29) is 82.9 Å². The molecule has 1 aromatic rings. The Labute approximate surface area is 265 Å². The molecule has 0 spiro atoms. The Kier molecular flexibility index (Phi) is 12.2. The Morgan fingerprint density at radius 1 is 0.511 bits per heavy atom. The summed E-state index contributed by atoms with van der Waals surface area (Å²) in [6.45, 7) is 6.96. The third-order valence-corrected chi connectivity index (χ3v) is 7.33. The van der Waals surface area contributed by atoms with Crippen molar-refractivity contribution in [3.8, 4) is 0 Å². The lowest BCUT2D eigenvalue weighted by atomic mass is 10.0. The number of hydrogen-bond donors (Lipinski definition) is 0. The Hall–Kier alpha value is -4.78. The van der Waals surface area contributed by atoms with Crippen LogP contribution < -0.4 is 0 Å². The molecule has 2 aliphatic carbocycles. The van der Waals surface area contributed by atoms with Crippen molar-refractivity contribution in [1.29, 1.82) is 0 Å². The van der Waals surface area contributed by atoms with Gasteiger partial charge < -0.3 is 37.9 Å². The van der Waals surface area contributed by atoms with Crippen molar-refractivity contribution in [1.82, 2.24) is 0 Å². The van der Waals surface area contributed by atoms with E-state index in [0.717, 1.165) is 0 Å². The summed E-state index contributed by atoms with van der Waals surface area (Å²) >= 11 is 1.24. The average molecular weight is 645 g/mol. The van der Waals surface area contributed by atoms with Gasteiger partial charge in [0.25, 0.3) is 0 Å². The SMILES string of the molecule is CCOC(=O)C1=C(OC)C(OC)=C(C(=O)OCC)C1=Cc1ccc(C=C2C(C(=O)OCC)=C(OC)C(OC)=C2C(=O)OCC)s1. The number of esters is 4. The van der Waals surface area contributed by atoms with Gasteiger partial charge in [-0.25, -0.2) is 19.2 Å². The number of methoxy groups -OCH3 is 4. The highest BCUT2D eigenvalue weighted by Crippen LogP contribution is 2.43. The van der Waals surface area contributed by atoms with Gasteiger partial charge in [0.2, 0.25) is 0 Å². The minimum atomic E-state index is -0.716. The first-order chi connectivity index (χ1) is 21.7. The van der Waals surface area contributed by atoms with E-state index in [2.05, 4.69) is 0 Å². The molecule has 2 aliphatic rings. The van der Waals surface area contributed by atoms with Crippen molar-refractivity contribution < 1.29 is 57.1 Å². The van der Waals surface area contributed by atoms with E-state index in [4.69, 9.17) is 37.9 Å². The normalized spacial score (nSPS) is 14.5. The lowest BCUT2D eigenvalue weighted by molar-refractivity contribution is -0.140. The van der Waals surface area contributed by atoms with E-state index < -0.39 is 23.9 Å². The molecule has 0 unspecified atom stereocenters. The minimum absolute atomic E-state index is 0.00196. The zero-order valence-corrected chi connectivity index (χ0v) is 27.3. The van der Waals surface area contributed by atoms with Gasteiger partial charge in [-0.1, -0.05) is 0 Å². The molecule has 0 saturated heterocycles. The van der Waals surface area contributed by atoms with Crippen LogP contribution in [0, 0.1) is 0 Å². The van der Waals surface area contributed by atoms with Gasteiger partial charge in [0.15, 0.2) is 23.0 Å². The summed E-state index contributed by atoms with van der Waals surface area (Å²) in [6.07, 6.45) is 3.21. The first kappa shape index (κ1) is 34.7. The molecule has 0 fully saturated rings. The van der Waals surface area contributed by atoms with Crippen LogP contribution >= 0.6 is 11.3 Å². The van der Waals surface area contributed by atoms with Gasteiger partial charge >= 0.3 is 23.9 Å². The van der Waals surface area contributed by atoms with E-state index in [1.165, 1.54) is 39.8 Å². The van der Waals surface area contributed by atoms with Crippen LogP contribution in [0.5, 0.6) is 0 Å². The van der Waals surface area contributed by atoms with E-state index >= 15 is 0 Å². The van der Waals surface area contributed by atoms with Crippen LogP contribution in [-0.4, -0.2) is 78.7 Å². The van der Waals surface area contributed by atoms with E-state index in [0.29, 0.717) is 9.75 Å². The van der Waals surface area contributed by atoms with E-state index in [1.807, 2.05) is 0 Å². The van der Waals surface area contributed by atoms with Crippen LogP contribution in [0.25, 0.3) is 12.2 Å². The van der Waals surface area contributed by atoms with Crippen molar-refractivity contribution in [2.75, 3.05) is 54.9 Å². The predicted molar refractivity (Wildman–Crippen MR) is 163 cm³/mol. The van der Waals surface area contributed by atoms with Crippen LogP contribution in [0.4, 0.5) is 0 Å². The first-order valence-electron chi connectivity index (χ1n) is 14.0. The molecule has 0 radical (unpaired) electrons. The molecule has 1 aromatic heterocycles. The van der Waals surface area contributed by atoms with Gasteiger partial charge in [-0.15, -0.1) is 11.3 Å². The molecular formula is C32H36O12S. The summed E-state index contributed by atoms with van der Waals surface area (Å²) < 4.78 is 43.0. The second-order valence-electron chi connectivity index (χ2n) is 8.87. The van der Waals surface area contributed by atoms with Gasteiger partial charge in [-0.3, -0.25) is 0 Å². The smallest absolute Gasteiger partial charge is 0.342 e. The molecule has 0 aliphatic heterocycles. The molecule has 0 aromatic carbocycles. The third-order valence-electron chi connectivity index (χ3n) is 6.35. The summed E-state index contributed by atoms with van der Waals surface area (Å²) in [7, 11) is 5.40. The van der Waals surface area contributed by atoms with E-state index in [1.54, 1.807) is 52.0 Å². The molecule has 1 heterocycles. The van der Waals surface area contributed by atoms with Crippen LogP contribution in [0.15, 0.2) is 68.6 Å². The summed E-state index contributed by atoms with van der Waals surface area (Å²) in [4.78, 5) is 53.6. The standard InChI is InChI=1S/C32H36O12S/c1-9-41-29(33)21-19(22(30(34)42-10-2)26(38-6)25(21)37-5)15-17-13-14-18(45-17)16-20-23(31(35)43-11-3)27(39-7)28(40-8)24(20)32(36)44-12-4/h13-16H,9-12H2,1-8H3. The van der Waals surface area contributed by atoms with Gasteiger partial charge in [0.1, 0.15) is 22.3 Å². The third kappa shape index (κ3) is 6.98. The second kappa shape index (κ2) is 15.8. The molecule has 0 N–H and O–H groups in total. The van der Waals surface area contributed by atoms with Crippen molar-refractivity contribution in [3.05, 3.63) is 78.4 Å². The molecule has 0 bridgehead atoms. The summed E-state index contributed by atoms with van der Waals surface area (Å²) in [5.41, 5.74) is 0.363. The zero-order valence-electron chi connectivity index (χ0n) is 26.4. The second-order valence-corrected chi connectivity index (χ2v) is 10.0.